The Hall–Kier alpha value is -1.92. The maximum absolute atomic E-state index is 13.2. The van der Waals surface area contributed by atoms with Crippen LogP contribution in [0.1, 0.15) is 50.3 Å². The lowest BCUT2D eigenvalue weighted by atomic mass is 10.1. The monoisotopic (exact) mass is 373 g/mol. The van der Waals surface area contributed by atoms with Crippen molar-refractivity contribution in [2.75, 3.05) is 11.9 Å². The first kappa shape index (κ1) is 18.9. The van der Waals surface area contributed by atoms with Gasteiger partial charge in [0, 0.05) is 24.3 Å². The minimum absolute atomic E-state index is 0.179. The number of anilines is 1. The van der Waals surface area contributed by atoms with Gasteiger partial charge in [-0.05, 0) is 51.3 Å². The van der Waals surface area contributed by atoms with Crippen molar-refractivity contribution in [3.05, 3.63) is 53.7 Å². The Bertz CT molecular complexity index is 850. The Morgan fingerprint density at radius 1 is 1.27 bits per heavy atom. The van der Waals surface area contributed by atoms with E-state index in [1.165, 1.54) is 0 Å². The molecule has 0 aliphatic carbocycles. The van der Waals surface area contributed by atoms with E-state index in [1.807, 2.05) is 31.2 Å². The first-order valence-electron chi connectivity index (χ1n) is 9.23. The van der Waals surface area contributed by atoms with Crippen LogP contribution in [0.5, 0.6) is 0 Å². The quantitative estimate of drug-likeness (QED) is 0.827. The molecule has 1 saturated heterocycles. The van der Waals surface area contributed by atoms with E-state index in [1.54, 1.807) is 22.6 Å². The maximum Gasteiger partial charge on any atom is 0.243 e. The zero-order valence-corrected chi connectivity index (χ0v) is 16.5. The van der Waals surface area contributed by atoms with Gasteiger partial charge in [-0.15, -0.1) is 0 Å². The Labute approximate surface area is 156 Å². The number of rotatable bonds is 6. The minimum atomic E-state index is -3.53. The van der Waals surface area contributed by atoms with Crippen molar-refractivity contribution in [2.24, 2.45) is 0 Å². The summed E-state index contributed by atoms with van der Waals surface area (Å²) < 4.78 is 28.0. The number of aromatic nitrogens is 1. The van der Waals surface area contributed by atoms with Crippen LogP contribution in [-0.2, 0) is 10.0 Å². The average molecular weight is 374 g/mol. The normalized spacial score (nSPS) is 19.4. The lowest BCUT2D eigenvalue weighted by Crippen LogP contribution is -2.31. The second-order valence-corrected chi connectivity index (χ2v) is 8.87. The second-order valence-electron chi connectivity index (χ2n) is 6.98. The molecule has 1 aromatic heterocycles. The van der Waals surface area contributed by atoms with E-state index in [0.29, 0.717) is 11.4 Å². The fourth-order valence-electron chi connectivity index (χ4n) is 3.33. The van der Waals surface area contributed by atoms with E-state index in [2.05, 4.69) is 24.1 Å². The molecule has 3 rings (SSSR count). The molecule has 0 unspecified atom stereocenters. The molecule has 0 amide bonds. The van der Waals surface area contributed by atoms with Crippen molar-refractivity contribution < 1.29 is 8.42 Å². The smallest absolute Gasteiger partial charge is 0.243 e. The minimum Gasteiger partial charge on any atom is -0.367 e. The van der Waals surface area contributed by atoms with E-state index in [0.717, 1.165) is 36.2 Å². The number of pyridine rings is 1. The van der Waals surface area contributed by atoms with E-state index in [4.69, 9.17) is 0 Å². The summed E-state index contributed by atoms with van der Waals surface area (Å²) in [7, 11) is -3.53. The van der Waals surface area contributed by atoms with Gasteiger partial charge in [0.2, 0.25) is 10.0 Å². The third kappa shape index (κ3) is 3.76. The standard InChI is InChI=1S/C20H27N3O2S/c1-4-16(3)22-20-18(7-5-13-21-20)19-8-6-14-23(19)26(24,25)17-11-9-15(2)10-12-17/h5,7,9-13,16,19H,4,6,8,14H2,1-3H3,(H,21,22)/t16-,19-/m1/s1. The highest BCUT2D eigenvalue weighted by molar-refractivity contribution is 7.89. The molecule has 2 aromatic rings. The number of sulfonamides is 1. The van der Waals surface area contributed by atoms with Gasteiger partial charge >= 0.3 is 0 Å². The lowest BCUT2D eigenvalue weighted by molar-refractivity contribution is 0.396. The third-order valence-corrected chi connectivity index (χ3v) is 6.95. The molecular weight excluding hydrogens is 346 g/mol. The number of hydrogen-bond donors (Lipinski definition) is 1. The van der Waals surface area contributed by atoms with Crippen LogP contribution in [0, 0.1) is 6.92 Å². The van der Waals surface area contributed by atoms with E-state index >= 15 is 0 Å². The van der Waals surface area contributed by atoms with Crippen LogP contribution in [0.25, 0.3) is 0 Å². The fourth-order valence-corrected chi connectivity index (χ4v) is 5.00. The molecule has 0 radical (unpaired) electrons. The molecule has 1 N–H and O–H groups in total. The van der Waals surface area contributed by atoms with Crippen molar-refractivity contribution in [1.82, 2.24) is 9.29 Å². The lowest BCUT2D eigenvalue weighted by Gasteiger charge is -2.26. The van der Waals surface area contributed by atoms with Crippen LogP contribution in [0.4, 0.5) is 5.82 Å². The topological polar surface area (TPSA) is 62.3 Å². The van der Waals surface area contributed by atoms with Crippen molar-refractivity contribution in [3.63, 3.8) is 0 Å². The molecular formula is C20H27N3O2S. The van der Waals surface area contributed by atoms with Crippen molar-refractivity contribution in [2.45, 2.75) is 57.0 Å². The summed E-state index contributed by atoms with van der Waals surface area (Å²) in [6.07, 6.45) is 4.40. The largest absolute Gasteiger partial charge is 0.367 e. The molecule has 0 bridgehead atoms. The zero-order valence-electron chi connectivity index (χ0n) is 15.6. The second kappa shape index (κ2) is 7.76. The van der Waals surface area contributed by atoms with Gasteiger partial charge in [0.1, 0.15) is 5.82 Å². The summed E-state index contributed by atoms with van der Waals surface area (Å²) in [6.45, 7) is 6.72. The average Bonchev–Trinajstić information content (AvgIpc) is 3.13. The zero-order chi connectivity index (χ0) is 18.7. The van der Waals surface area contributed by atoms with E-state index < -0.39 is 10.0 Å². The summed E-state index contributed by atoms with van der Waals surface area (Å²) in [5.74, 6) is 0.790. The van der Waals surface area contributed by atoms with Gasteiger partial charge in [-0.3, -0.25) is 0 Å². The van der Waals surface area contributed by atoms with Crippen molar-refractivity contribution in [3.8, 4) is 0 Å². The molecule has 1 aromatic carbocycles. The van der Waals surface area contributed by atoms with Crippen LogP contribution in [0.15, 0.2) is 47.5 Å². The van der Waals surface area contributed by atoms with Gasteiger partial charge in [-0.2, -0.15) is 4.31 Å². The van der Waals surface area contributed by atoms with Crippen LogP contribution < -0.4 is 5.32 Å². The third-order valence-electron chi connectivity index (χ3n) is 5.02. The Morgan fingerprint density at radius 3 is 2.69 bits per heavy atom. The first-order valence-corrected chi connectivity index (χ1v) is 10.7. The van der Waals surface area contributed by atoms with Gasteiger partial charge in [-0.1, -0.05) is 30.7 Å². The SMILES string of the molecule is CC[C@@H](C)Nc1ncccc1[C@H]1CCCN1S(=O)(=O)c1ccc(C)cc1. The number of benzene rings is 1. The Balaban J connectivity index is 1.95. The summed E-state index contributed by atoms with van der Waals surface area (Å²) in [6, 6.07) is 11.1. The molecule has 0 saturated carbocycles. The first-order chi connectivity index (χ1) is 12.4. The molecule has 1 aliphatic heterocycles. The summed E-state index contributed by atoms with van der Waals surface area (Å²) >= 11 is 0. The Morgan fingerprint density at radius 2 is 2.00 bits per heavy atom. The van der Waals surface area contributed by atoms with Gasteiger partial charge in [-0.25, -0.2) is 13.4 Å². The van der Waals surface area contributed by atoms with E-state index in [9.17, 15) is 8.42 Å². The van der Waals surface area contributed by atoms with Crippen LogP contribution in [0.2, 0.25) is 0 Å². The summed E-state index contributed by atoms with van der Waals surface area (Å²) in [5, 5.41) is 3.42. The van der Waals surface area contributed by atoms with Crippen LogP contribution in [0.3, 0.4) is 0 Å². The van der Waals surface area contributed by atoms with Crippen LogP contribution in [-0.4, -0.2) is 30.3 Å². The molecule has 140 valence electrons. The van der Waals surface area contributed by atoms with Crippen molar-refractivity contribution >= 4 is 15.8 Å². The highest BCUT2D eigenvalue weighted by atomic mass is 32.2. The Kier molecular flexibility index (Phi) is 5.63. The van der Waals surface area contributed by atoms with Gasteiger partial charge < -0.3 is 5.32 Å². The van der Waals surface area contributed by atoms with Gasteiger partial charge in [0.05, 0.1) is 10.9 Å². The molecule has 0 spiro atoms. The molecule has 6 heteroatoms. The number of hydrogen-bond acceptors (Lipinski definition) is 4. The number of nitrogens with one attached hydrogen (secondary N) is 1. The summed E-state index contributed by atoms with van der Waals surface area (Å²) in [4.78, 5) is 4.84. The predicted molar refractivity (Wildman–Crippen MR) is 105 cm³/mol. The highest BCUT2D eigenvalue weighted by Gasteiger charge is 2.37. The molecule has 26 heavy (non-hydrogen) atoms. The number of aryl methyl sites for hydroxylation is 1. The summed E-state index contributed by atoms with van der Waals surface area (Å²) in [5.41, 5.74) is 2.01. The predicted octanol–water partition coefficient (Wildman–Crippen LogP) is 4.13. The maximum atomic E-state index is 13.2. The molecule has 2 heterocycles. The molecule has 2 atom stereocenters. The van der Waals surface area contributed by atoms with Crippen LogP contribution >= 0.6 is 0 Å². The fraction of sp³-hybridized carbons (Fsp3) is 0.450. The van der Waals surface area contributed by atoms with E-state index in [-0.39, 0.29) is 12.1 Å². The molecule has 1 aliphatic rings. The number of nitrogens with zero attached hydrogens (tertiary/aromatic N) is 2. The van der Waals surface area contributed by atoms with Crippen molar-refractivity contribution in [1.29, 1.82) is 0 Å². The molecule has 1 fully saturated rings. The van der Waals surface area contributed by atoms with Gasteiger partial charge in [0.15, 0.2) is 0 Å². The highest BCUT2D eigenvalue weighted by Crippen LogP contribution is 2.39. The molecule has 5 nitrogen and oxygen atoms in total. The van der Waals surface area contributed by atoms with Gasteiger partial charge in [0.25, 0.3) is 0 Å².